The standard InChI is InChI=1S/C22H23F3N6O.C2H6/c1-12-14(5-4-6-16(12)22(23,24)25)9-26-18-15-10-30(19(32)21(3)7-8-21)11-17(15)31-13(2)28-29-20(31)27-18;1-2/h4-6H,7-11H2,1-3H3,(H,26,27,29);1-2H3. The normalized spacial score (nSPS) is 16.2. The van der Waals surface area contributed by atoms with Crippen molar-refractivity contribution in [1.29, 1.82) is 0 Å². The first-order valence-electron chi connectivity index (χ1n) is 11.5. The van der Waals surface area contributed by atoms with E-state index in [1.54, 1.807) is 6.07 Å². The van der Waals surface area contributed by atoms with E-state index in [2.05, 4.69) is 20.5 Å². The highest BCUT2D eigenvalue weighted by Crippen LogP contribution is 2.48. The Morgan fingerprint density at radius 3 is 2.50 bits per heavy atom. The van der Waals surface area contributed by atoms with Gasteiger partial charge in [-0.3, -0.25) is 9.20 Å². The Balaban J connectivity index is 0.00000133. The summed E-state index contributed by atoms with van der Waals surface area (Å²) in [7, 11) is 0. The van der Waals surface area contributed by atoms with Crippen molar-refractivity contribution in [2.24, 2.45) is 5.41 Å². The van der Waals surface area contributed by atoms with Crippen molar-refractivity contribution in [3.63, 3.8) is 0 Å². The van der Waals surface area contributed by atoms with Crippen LogP contribution in [0.15, 0.2) is 18.2 Å². The quantitative estimate of drug-likeness (QED) is 0.573. The van der Waals surface area contributed by atoms with Crippen molar-refractivity contribution in [2.75, 3.05) is 5.32 Å². The van der Waals surface area contributed by atoms with Crippen LogP contribution in [0.1, 0.15) is 67.4 Å². The fourth-order valence-electron chi connectivity index (χ4n) is 4.37. The van der Waals surface area contributed by atoms with E-state index in [1.807, 2.05) is 37.0 Å². The van der Waals surface area contributed by atoms with E-state index >= 15 is 0 Å². The fraction of sp³-hybridized carbons (Fsp3) is 0.500. The number of benzene rings is 1. The number of carbonyl (C=O) groups excluding carboxylic acids is 1. The maximum Gasteiger partial charge on any atom is 0.416 e. The zero-order chi connectivity index (χ0) is 24.8. The van der Waals surface area contributed by atoms with Gasteiger partial charge in [-0.25, -0.2) is 0 Å². The van der Waals surface area contributed by atoms with E-state index in [0.29, 0.717) is 36.1 Å². The number of fused-ring (bicyclic) bond motifs is 3. The van der Waals surface area contributed by atoms with Crippen molar-refractivity contribution >= 4 is 17.5 Å². The third kappa shape index (κ3) is 4.10. The highest BCUT2D eigenvalue weighted by molar-refractivity contribution is 5.85. The fourth-order valence-corrected chi connectivity index (χ4v) is 4.37. The number of nitrogens with one attached hydrogen (secondary N) is 1. The average Bonchev–Trinajstić information content (AvgIpc) is 3.23. The van der Waals surface area contributed by atoms with Crippen LogP contribution in [0.4, 0.5) is 19.0 Å². The first-order valence-corrected chi connectivity index (χ1v) is 11.5. The second-order valence-corrected chi connectivity index (χ2v) is 8.93. The Morgan fingerprint density at radius 1 is 1.15 bits per heavy atom. The number of aryl methyl sites for hydroxylation is 1. The van der Waals surface area contributed by atoms with Crippen LogP contribution in [-0.4, -0.2) is 30.4 Å². The Kier molecular flexibility index (Phi) is 6.03. The van der Waals surface area contributed by atoms with E-state index in [1.165, 1.54) is 13.0 Å². The summed E-state index contributed by atoms with van der Waals surface area (Å²) in [4.78, 5) is 19.4. The van der Waals surface area contributed by atoms with Gasteiger partial charge in [-0.15, -0.1) is 10.2 Å². The molecule has 1 aliphatic heterocycles. The second kappa shape index (κ2) is 8.56. The average molecular weight is 475 g/mol. The maximum absolute atomic E-state index is 13.3. The Labute approximate surface area is 196 Å². The predicted octanol–water partition coefficient (Wildman–Crippen LogP) is 5.04. The van der Waals surface area contributed by atoms with Crippen LogP contribution >= 0.6 is 0 Å². The largest absolute Gasteiger partial charge is 0.416 e. The minimum Gasteiger partial charge on any atom is -0.366 e. The van der Waals surface area contributed by atoms with E-state index in [9.17, 15) is 18.0 Å². The Hall–Kier alpha value is -3.17. The van der Waals surface area contributed by atoms with Gasteiger partial charge in [0, 0.05) is 17.5 Å². The zero-order valence-corrected chi connectivity index (χ0v) is 20.0. The molecule has 1 N–H and O–H groups in total. The number of anilines is 1. The molecule has 0 bridgehead atoms. The van der Waals surface area contributed by atoms with Crippen molar-refractivity contribution in [3.8, 4) is 0 Å². The number of rotatable bonds is 4. The molecule has 5 rings (SSSR count). The molecule has 182 valence electrons. The smallest absolute Gasteiger partial charge is 0.366 e. The van der Waals surface area contributed by atoms with Crippen LogP contribution in [0.5, 0.6) is 0 Å². The van der Waals surface area contributed by atoms with Crippen LogP contribution in [0.2, 0.25) is 0 Å². The number of amides is 1. The summed E-state index contributed by atoms with van der Waals surface area (Å²) >= 11 is 0. The number of hydrogen-bond donors (Lipinski definition) is 1. The number of carbonyl (C=O) groups is 1. The van der Waals surface area contributed by atoms with Gasteiger partial charge in [-0.1, -0.05) is 32.9 Å². The van der Waals surface area contributed by atoms with Gasteiger partial charge in [0.05, 0.1) is 24.3 Å². The molecular weight excluding hydrogens is 445 g/mol. The monoisotopic (exact) mass is 474 g/mol. The molecule has 3 heterocycles. The van der Waals surface area contributed by atoms with Crippen LogP contribution in [0.3, 0.4) is 0 Å². The lowest BCUT2D eigenvalue weighted by atomic mass is 10.0. The van der Waals surface area contributed by atoms with Crippen molar-refractivity contribution in [2.45, 2.75) is 73.3 Å². The lowest BCUT2D eigenvalue weighted by Gasteiger charge is -2.19. The van der Waals surface area contributed by atoms with Crippen LogP contribution in [0, 0.1) is 19.3 Å². The highest BCUT2D eigenvalue weighted by atomic mass is 19.4. The Morgan fingerprint density at radius 2 is 1.85 bits per heavy atom. The summed E-state index contributed by atoms with van der Waals surface area (Å²) in [6, 6.07) is 4.16. The van der Waals surface area contributed by atoms with Gasteiger partial charge >= 0.3 is 6.18 Å². The Bertz CT molecular complexity index is 1250. The number of hydrogen-bond acceptors (Lipinski definition) is 5. The molecule has 1 fully saturated rings. The van der Waals surface area contributed by atoms with Gasteiger partial charge in [0.2, 0.25) is 5.91 Å². The molecule has 7 nitrogen and oxygen atoms in total. The number of alkyl halides is 3. The van der Waals surface area contributed by atoms with Crippen LogP contribution in [-0.2, 0) is 30.6 Å². The summed E-state index contributed by atoms with van der Waals surface area (Å²) in [5.74, 6) is 1.72. The molecule has 2 aromatic heterocycles. The van der Waals surface area contributed by atoms with Crippen LogP contribution in [0.25, 0.3) is 5.78 Å². The SMILES string of the molecule is CC.Cc1c(CNc2nc3nnc(C)n3c3c2CN(C(=O)C2(C)CC2)C3)cccc1C(F)(F)F. The molecule has 10 heteroatoms. The van der Waals surface area contributed by atoms with Gasteiger partial charge in [0.1, 0.15) is 11.6 Å². The summed E-state index contributed by atoms with van der Waals surface area (Å²) in [6.07, 6.45) is -2.63. The molecule has 1 aromatic carbocycles. The molecule has 0 saturated heterocycles. The molecule has 0 spiro atoms. The molecule has 0 unspecified atom stereocenters. The zero-order valence-electron chi connectivity index (χ0n) is 20.0. The summed E-state index contributed by atoms with van der Waals surface area (Å²) in [6.45, 7) is 10.3. The highest BCUT2D eigenvalue weighted by Gasteiger charge is 2.48. The third-order valence-corrected chi connectivity index (χ3v) is 6.61. The number of nitrogens with zero attached hydrogens (tertiary/aromatic N) is 5. The maximum atomic E-state index is 13.3. The topological polar surface area (TPSA) is 75.4 Å². The summed E-state index contributed by atoms with van der Waals surface area (Å²) in [5.41, 5.74) is 1.51. The van der Waals surface area contributed by atoms with Gasteiger partial charge < -0.3 is 10.2 Å². The molecule has 2 aliphatic rings. The van der Waals surface area contributed by atoms with E-state index in [-0.39, 0.29) is 23.4 Å². The first kappa shape index (κ1) is 24.0. The molecule has 1 saturated carbocycles. The van der Waals surface area contributed by atoms with Gasteiger partial charge in [0.15, 0.2) is 0 Å². The summed E-state index contributed by atoms with van der Waals surface area (Å²) in [5, 5.41) is 11.4. The molecule has 1 amide bonds. The second-order valence-electron chi connectivity index (χ2n) is 8.93. The molecule has 0 radical (unpaired) electrons. The van der Waals surface area contributed by atoms with Gasteiger partial charge in [-0.05, 0) is 43.9 Å². The predicted molar refractivity (Wildman–Crippen MR) is 122 cm³/mol. The minimum absolute atomic E-state index is 0.118. The molecule has 3 aromatic rings. The van der Waals surface area contributed by atoms with E-state index < -0.39 is 11.7 Å². The molecular formula is C24H29F3N6O. The third-order valence-electron chi connectivity index (χ3n) is 6.61. The molecule has 0 atom stereocenters. The lowest BCUT2D eigenvalue weighted by molar-refractivity contribution is -0.138. The molecule has 1 aliphatic carbocycles. The first-order chi connectivity index (χ1) is 16.1. The van der Waals surface area contributed by atoms with Gasteiger partial charge in [-0.2, -0.15) is 18.2 Å². The van der Waals surface area contributed by atoms with E-state index in [0.717, 1.165) is 30.2 Å². The van der Waals surface area contributed by atoms with Crippen molar-refractivity contribution in [3.05, 3.63) is 52.0 Å². The number of aromatic nitrogens is 4. The van der Waals surface area contributed by atoms with Crippen molar-refractivity contribution < 1.29 is 18.0 Å². The van der Waals surface area contributed by atoms with Crippen LogP contribution < -0.4 is 5.32 Å². The molecule has 34 heavy (non-hydrogen) atoms. The summed E-state index contributed by atoms with van der Waals surface area (Å²) < 4.78 is 41.7. The van der Waals surface area contributed by atoms with E-state index in [4.69, 9.17) is 0 Å². The lowest BCUT2D eigenvalue weighted by Crippen LogP contribution is -2.31. The van der Waals surface area contributed by atoms with Crippen molar-refractivity contribution in [1.82, 2.24) is 24.5 Å². The van der Waals surface area contributed by atoms with Gasteiger partial charge in [0.25, 0.3) is 5.78 Å². The minimum atomic E-state index is -4.41. The number of halogens is 3.